The number of carbonyl (C=O) groups is 1. The fourth-order valence-electron chi connectivity index (χ4n) is 4.03. The van der Waals surface area contributed by atoms with Gasteiger partial charge >= 0.3 is 6.18 Å². The Hall–Kier alpha value is -3.20. The van der Waals surface area contributed by atoms with E-state index in [1.54, 1.807) is 0 Å². The Bertz CT molecular complexity index is 1070. The fraction of sp³-hybridized carbons (Fsp3) is 0.400. The van der Waals surface area contributed by atoms with Crippen LogP contribution in [-0.2, 0) is 6.18 Å². The molecule has 0 saturated carbocycles. The van der Waals surface area contributed by atoms with Gasteiger partial charge in [0, 0.05) is 12.7 Å². The summed E-state index contributed by atoms with van der Waals surface area (Å²) in [6.07, 6.45) is -2.25. The summed E-state index contributed by atoms with van der Waals surface area (Å²) in [5.41, 5.74) is 1.24. The highest BCUT2D eigenvalue weighted by Crippen LogP contribution is 2.29. The maximum absolute atomic E-state index is 13.2. The van der Waals surface area contributed by atoms with Crippen molar-refractivity contribution in [1.29, 1.82) is 0 Å². The van der Waals surface area contributed by atoms with E-state index in [0.717, 1.165) is 30.9 Å². The number of hydrogen-bond acceptors (Lipinski definition) is 4. The molecule has 9 heteroatoms. The third-order valence-corrected chi connectivity index (χ3v) is 5.78. The first-order chi connectivity index (χ1) is 16.2. The molecule has 3 rings (SSSR count). The van der Waals surface area contributed by atoms with Crippen LogP contribution in [0.5, 0.6) is 0 Å². The van der Waals surface area contributed by atoms with E-state index in [2.05, 4.69) is 34.1 Å². The fourth-order valence-corrected chi connectivity index (χ4v) is 4.03. The van der Waals surface area contributed by atoms with Gasteiger partial charge < -0.3 is 5.32 Å². The molecular formula is C25H30F3N5O. The molecule has 34 heavy (non-hydrogen) atoms. The number of aromatic nitrogens is 3. The van der Waals surface area contributed by atoms with Crippen molar-refractivity contribution in [2.45, 2.75) is 45.8 Å². The average Bonchev–Trinajstić information content (AvgIpc) is 3.27. The van der Waals surface area contributed by atoms with E-state index in [0.29, 0.717) is 17.8 Å². The Morgan fingerprint density at radius 3 is 2.26 bits per heavy atom. The van der Waals surface area contributed by atoms with Gasteiger partial charge in [-0.1, -0.05) is 58.0 Å². The lowest BCUT2D eigenvalue weighted by molar-refractivity contribution is -0.137. The van der Waals surface area contributed by atoms with Crippen molar-refractivity contribution in [1.82, 2.24) is 25.0 Å². The molecule has 1 aromatic carbocycles. The number of alkyl halides is 3. The molecule has 0 radical (unpaired) electrons. The second kappa shape index (κ2) is 10.8. The van der Waals surface area contributed by atoms with Crippen LogP contribution in [0.3, 0.4) is 0 Å². The van der Waals surface area contributed by atoms with Gasteiger partial charge in [0.15, 0.2) is 5.82 Å². The molecule has 3 aromatic rings. The Labute approximate surface area is 197 Å². The van der Waals surface area contributed by atoms with E-state index in [9.17, 15) is 18.0 Å². The number of halogens is 3. The summed E-state index contributed by atoms with van der Waals surface area (Å²) in [5.74, 6) is -0.170. The Morgan fingerprint density at radius 2 is 1.74 bits per heavy atom. The minimum Gasteiger partial charge on any atom is -0.350 e. The monoisotopic (exact) mass is 473 g/mol. The van der Waals surface area contributed by atoms with Gasteiger partial charge in [-0.05, 0) is 36.7 Å². The number of hydrogen-bond donors (Lipinski definition) is 1. The first kappa shape index (κ1) is 25.4. The molecule has 6 nitrogen and oxygen atoms in total. The second-order valence-electron chi connectivity index (χ2n) is 8.27. The molecule has 0 saturated heterocycles. The van der Waals surface area contributed by atoms with E-state index >= 15 is 0 Å². The molecule has 0 bridgehead atoms. The summed E-state index contributed by atoms with van der Waals surface area (Å²) in [5, 5.41) is 7.31. The SMILES string of the molecule is CCN(CC)C(CNC(=O)c1cnn(-c2ccc(C(F)(F)F)cn2)c1C(C)C)c1ccccc1. The van der Waals surface area contributed by atoms with Gasteiger partial charge in [-0.25, -0.2) is 9.67 Å². The van der Waals surface area contributed by atoms with Crippen LogP contribution in [0, 0.1) is 0 Å². The smallest absolute Gasteiger partial charge is 0.350 e. The molecule has 1 atom stereocenters. The van der Waals surface area contributed by atoms with Gasteiger partial charge in [-0.2, -0.15) is 18.3 Å². The average molecular weight is 474 g/mol. The number of benzene rings is 1. The highest BCUT2D eigenvalue weighted by Gasteiger charge is 2.31. The van der Waals surface area contributed by atoms with Gasteiger partial charge in [-0.15, -0.1) is 0 Å². The van der Waals surface area contributed by atoms with Crippen LogP contribution in [0.15, 0.2) is 54.9 Å². The summed E-state index contributed by atoms with van der Waals surface area (Å²) >= 11 is 0. The van der Waals surface area contributed by atoms with E-state index in [-0.39, 0.29) is 23.7 Å². The number of pyridine rings is 1. The zero-order valence-corrected chi connectivity index (χ0v) is 19.8. The lowest BCUT2D eigenvalue weighted by Crippen LogP contribution is -2.38. The maximum Gasteiger partial charge on any atom is 0.417 e. The number of amides is 1. The van der Waals surface area contributed by atoms with Gasteiger partial charge in [0.2, 0.25) is 0 Å². The van der Waals surface area contributed by atoms with Gasteiger partial charge in [0.1, 0.15) is 0 Å². The maximum atomic E-state index is 13.2. The van der Waals surface area contributed by atoms with E-state index in [1.807, 2.05) is 44.2 Å². The molecule has 0 aliphatic heterocycles. The molecule has 2 heterocycles. The number of likely N-dealkylation sites (N-methyl/N-ethyl adjacent to an activating group) is 1. The highest BCUT2D eigenvalue weighted by molar-refractivity contribution is 5.95. The van der Waals surface area contributed by atoms with Crippen molar-refractivity contribution in [3.8, 4) is 5.82 Å². The first-order valence-electron chi connectivity index (χ1n) is 11.4. The zero-order valence-electron chi connectivity index (χ0n) is 19.8. The van der Waals surface area contributed by atoms with Crippen molar-refractivity contribution in [2.75, 3.05) is 19.6 Å². The van der Waals surface area contributed by atoms with Crippen LogP contribution in [0.25, 0.3) is 5.82 Å². The third-order valence-electron chi connectivity index (χ3n) is 5.78. The van der Waals surface area contributed by atoms with Crippen molar-refractivity contribution in [3.63, 3.8) is 0 Å². The van der Waals surface area contributed by atoms with Crippen molar-refractivity contribution in [2.24, 2.45) is 0 Å². The molecule has 1 N–H and O–H groups in total. The zero-order chi connectivity index (χ0) is 24.9. The van der Waals surface area contributed by atoms with Gasteiger partial charge in [-0.3, -0.25) is 9.69 Å². The minimum absolute atomic E-state index is 0.00859. The van der Waals surface area contributed by atoms with Crippen molar-refractivity contribution in [3.05, 3.63) is 77.2 Å². The van der Waals surface area contributed by atoms with E-state index in [4.69, 9.17) is 0 Å². The lowest BCUT2D eigenvalue weighted by atomic mass is 10.0. The number of rotatable bonds is 9. The molecule has 0 aliphatic carbocycles. The number of nitrogens with one attached hydrogen (secondary N) is 1. The number of carbonyl (C=O) groups excluding carboxylic acids is 1. The normalized spacial score (nSPS) is 12.9. The van der Waals surface area contributed by atoms with E-state index < -0.39 is 11.7 Å². The number of nitrogens with zero attached hydrogens (tertiary/aromatic N) is 4. The predicted octanol–water partition coefficient (Wildman–Crippen LogP) is 5.22. The molecule has 182 valence electrons. The van der Waals surface area contributed by atoms with Gasteiger partial charge in [0.25, 0.3) is 5.91 Å². The molecule has 0 aliphatic rings. The first-order valence-corrected chi connectivity index (χ1v) is 11.4. The summed E-state index contributed by atoms with van der Waals surface area (Å²) in [6.45, 7) is 10.0. The van der Waals surface area contributed by atoms with Gasteiger partial charge in [0.05, 0.1) is 29.1 Å². The van der Waals surface area contributed by atoms with Crippen LogP contribution < -0.4 is 5.32 Å². The Kier molecular flexibility index (Phi) is 8.09. The largest absolute Gasteiger partial charge is 0.417 e. The van der Waals surface area contributed by atoms with Crippen molar-refractivity contribution < 1.29 is 18.0 Å². The summed E-state index contributed by atoms with van der Waals surface area (Å²) in [7, 11) is 0. The summed E-state index contributed by atoms with van der Waals surface area (Å²) in [6, 6.07) is 12.2. The van der Waals surface area contributed by atoms with E-state index in [1.165, 1.54) is 16.9 Å². The van der Waals surface area contributed by atoms with Crippen LogP contribution in [0.4, 0.5) is 13.2 Å². The van der Waals surface area contributed by atoms with Crippen LogP contribution in [-0.4, -0.2) is 45.2 Å². The molecule has 1 amide bonds. The Morgan fingerprint density at radius 1 is 1.06 bits per heavy atom. The standard InChI is InChI=1S/C25H30F3N5O/c1-5-32(6-2)21(18-10-8-7-9-11-18)16-30-24(34)20-15-31-33(23(20)17(3)4)22-13-12-19(14-29-22)25(26,27)28/h7-15,17,21H,5-6,16H2,1-4H3,(H,30,34). The molecular weight excluding hydrogens is 443 g/mol. The van der Waals surface area contributed by atoms with Crippen LogP contribution >= 0.6 is 0 Å². The van der Waals surface area contributed by atoms with Crippen molar-refractivity contribution >= 4 is 5.91 Å². The summed E-state index contributed by atoms with van der Waals surface area (Å²) < 4.78 is 40.1. The van der Waals surface area contributed by atoms with Crippen LogP contribution in [0.2, 0.25) is 0 Å². The molecule has 0 fully saturated rings. The Balaban J connectivity index is 1.85. The quantitative estimate of drug-likeness (QED) is 0.463. The molecule has 1 unspecified atom stereocenters. The highest BCUT2D eigenvalue weighted by atomic mass is 19.4. The topological polar surface area (TPSA) is 63.1 Å². The second-order valence-corrected chi connectivity index (χ2v) is 8.27. The predicted molar refractivity (Wildman–Crippen MR) is 125 cm³/mol. The third kappa shape index (κ3) is 5.64. The summed E-state index contributed by atoms with van der Waals surface area (Å²) in [4.78, 5) is 19.4. The van der Waals surface area contributed by atoms with Crippen LogP contribution in [0.1, 0.15) is 66.8 Å². The minimum atomic E-state index is -4.47. The molecule has 2 aromatic heterocycles. The molecule has 0 spiro atoms. The lowest BCUT2D eigenvalue weighted by Gasteiger charge is -2.30.